The van der Waals surface area contributed by atoms with E-state index in [1.165, 1.54) is 12.1 Å². The van der Waals surface area contributed by atoms with Crippen molar-refractivity contribution in [3.05, 3.63) is 36.4 Å². The number of hydrogen-bond acceptors (Lipinski definition) is 3. The van der Waals surface area contributed by atoms with E-state index in [9.17, 15) is 27.9 Å². The minimum Gasteiger partial charge on any atom is -0.481 e. The number of carbonyl (C=O) groups is 2. The monoisotopic (exact) mass is 341 g/mol. The summed E-state index contributed by atoms with van der Waals surface area (Å²) >= 11 is 0. The molecule has 0 spiro atoms. The summed E-state index contributed by atoms with van der Waals surface area (Å²) in [4.78, 5) is 23.9. The molecule has 0 radical (unpaired) electrons. The standard InChI is InChI=1S/C16H14F3NO4/c17-16(18,19)24-11-3-1-2-10(7-11)20-14(21)12-8-4-5-9(6-8)13(12)15(22)23/h1-5,7-9,12-13H,6H2,(H,20,21)(H,22,23)/t8-,9-,12+,13-/m0/s1. The number of allylic oxidation sites excluding steroid dienone is 2. The molecule has 2 bridgehead atoms. The first kappa shape index (κ1) is 16.4. The van der Waals surface area contributed by atoms with Gasteiger partial charge in [0.15, 0.2) is 0 Å². The largest absolute Gasteiger partial charge is 0.573 e. The molecule has 2 aliphatic carbocycles. The van der Waals surface area contributed by atoms with Crippen LogP contribution in [0.3, 0.4) is 0 Å². The number of carboxylic acid groups (broad SMARTS) is 1. The van der Waals surface area contributed by atoms with Crippen molar-refractivity contribution < 1.29 is 32.6 Å². The maximum absolute atomic E-state index is 12.4. The molecule has 1 saturated carbocycles. The Hall–Kier alpha value is -2.51. The molecule has 0 aliphatic heterocycles. The molecule has 0 aromatic heterocycles. The van der Waals surface area contributed by atoms with Gasteiger partial charge >= 0.3 is 12.3 Å². The number of benzene rings is 1. The lowest BCUT2D eigenvalue weighted by atomic mass is 9.82. The second-order valence-corrected chi connectivity index (χ2v) is 5.90. The number of anilines is 1. The number of hydrogen-bond donors (Lipinski definition) is 2. The Labute approximate surface area is 135 Å². The zero-order valence-corrected chi connectivity index (χ0v) is 12.3. The third-order valence-electron chi connectivity index (χ3n) is 4.38. The van der Waals surface area contributed by atoms with Crippen LogP contribution < -0.4 is 10.1 Å². The molecule has 1 amide bonds. The first-order chi connectivity index (χ1) is 11.2. The summed E-state index contributed by atoms with van der Waals surface area (Å²) < 4.78 is 40.5. The number of halogens is 3. The molecule has 3 rings (SSSR count). The molecule has 8 heteroatoms. The zero-order valence-electron chi connectivity index (χ0n) is 12.3. The predicted molar refractivity (Wildman–Crippen MR) is 77.1 cm³/mol. The van der Waals surface area contributed by atoms with Crippen LogP contribution in [0.1, 0.15) is 6.42 Å². The fraction of sp³-hybridized carbons (Fsp3) is 0.375. The Balaban J connectivity index is 1.74. The Bertz CT molecular complexity index is 701. The van der Waals surface area contributed by atoms with Crippen molar-refractivity contribution >= 4 is 17.6 Å². The highest BCUT2D eigenvalue weighted by Gasteiger charge is 2.51. The van der Waals surface area contributed by atoms with Crippen LogP contribution in [-0.4, -0.2) is 23.3 Å². The molecule has 0 unspecified atom stereocenters. The molecule has 0 saturated heterocycles. The third kappa shape index (κ3) is 3.22. The normalized spacial score (nSPS) is 28.0. The van der Waals surface area contributed by atoms with Gasteiger partial charge in [0.05, 0.1) is 11.8 Å². The van der Waals surface area contributed by atoms with Crippen LogP contribution >= 0.6 is 0 Å². The van der Waals surface area contributed by atoms with E-state index in [-0.39, 0.29) is 17.5 Å². The van der Waals surface area contributed by atoms with Gasteiger partial charge in [-0.25, -0.2) is 0 Å². The second kappa shape index (κ2) is 5.85. The van der Waals surface area contributed by atoms with Crippen molar-refractivity contribution in [2.45, 2.75) is 12.8 Å². The third-order valence-corrected chi connectivity index (χ3v) is 4.38. The number of amides is 1. The summed E-state index contributed by atoms with van der Waals surface area (Å²) in [6, 6.07) is 4.89. The number of nitrogens with one attached hydrogen (secondary N) is 1. The first-order valence-electron chi connectivity index (χ1n) is 7.32. The summed E-state index contributed by atoms with van der Waals surface area (Å²) in [7, 11) is 0. The van der Waals surface area contributed by atoms with Crippen LogP contribution in [-0.2, 0) is 9.59 Å². The van der Waals surface area contributed by atoms with Gasteiger partial charge < -0.3 is 15.2 Å². The quantitative estimate of drug-likeness (QED) is 0.826. The number of fused-ring (bicyclic) bond motifs is 2. The van der Waals surface area contributed by atoms with E-state index >= 15 is 0 Å². The molecule has 1 aromatic carbocycles. The van der Waals surface area contributed by atoms with Crippen molar-refractivity contribution in [3.8, 4) is 5.75 Å². The maximum Gasteiger partial charge on any atom is 0.573 e. The van der Waals surface area contributed by atoms with Crippen LogP contribution in [0.2, 0.25) is 0 Å². The van der Waals surface area contributed by atoms with Crippen LogP contribution in [0.5, 0.6) is 5.75 Å². The average molecular weight is 341 g/mol. The molecule has 1 fully saturated rings. The number of alkyl halides is 3. The van der Waals surface area contributed by atoms with Gasteiger partial charge in [-0.15, -0.1) is 13.2 Å². The summed E-state index contributed by atoms with van der Waals surface area (Å²) in [6.07, 6.45) is -0.582. The van der Waals surface area contributed by atoms with E-state index in [4.69, 9.17) is 0 Å². The Kier molecular flexibility index (Phi) is 3.98. The second-order valence-electron chi connectivity index (χ2n) is 5.90. The van der Waals surface area contributed by atoms with Gasteiger partial charge in [0.25, 0.3) is 0 Å². The van der Waals surface area contributed by atoms with Gasteiger partial charge in [0.1, 0.15) is 5.75 Å². The highest BCUT2D eigenvalue weighted by Crippen LogP contribution is 2.48. The van der Waals surface area contributed by atoms with Crippen molar-refractivity contribution in [1.82, 2.24) is 0 Å². The lowest BCUT2D eigenvalue weighted by Gasteiger charge is -2.24. The molecule has 2 aliphatic rings. The molecule has 4 atom stereocenters. The predicted octanol–water partition coefficient (Wildman–Crippen LogP) is 3.05. The summed E-state index contributed by atoms with van der Waals surface area (Å²) in [5.41, 5.74) is 0.123. The highest BCUT2D eigenvalue weighted by atomic mass is 19.4. The smallest absolute Gasteiger partial charge is 0.481 e. The van der Waals surface area contributed by atoms with Crippen LogP contribution in [0.25, 0.3) is 0 Å². The van der Waals surface area contributed by atoms with Gasteiger partial charge in [0, 0.05) is 11.8 Å². The molecule has 1 aromatic rings. The lowest BCUT2D eigenvalue weighted by Crippen LogP contribution is -2.36. The van der Waals surface area contributed by atoms with Crippen molar-refractivity contribution in [1.29, 1.82) is 0 Å². The van der Waals surface area contributed by atoms with Crippen LogP contribution in [0.15, 0.2) is 36.4 Å². The zero-order chi connectivity index (χ0) is 17.5. The minimum atomic E-state index is -4.83. The number of aliphatic carboxylic acids is 1. The van der Waals surface area contributed by atoms with E-state index in [1.807, 2.05) is 12.2 Å². The van der Waals surface area contributed by atoms with Gasteiger partial charge in [-0.05, 0) is 30.4 Å². The van der Waals surface area contributed by atoms with E-state index in [1.54, 1.807) is 0 Å². The van der Waals surface area contributed by atoms with Crippen molar-refractivity contribution in [2.24, 2.45) is 23.7 Å². The van der Waals surface area contributed by atoms with E-state index < -0.39 is 35.8 Å². The molecular weight excluding hydrogens is 327 g/mol. The SMILES string of the molecule is O=C(O)[C@@H]1[C@H](C(=O)Nc2cccc(OC(F)(F)F)c2)[C@H]2C=C[C@H]1C2. The van der Waals surface area contributed by atoms with Crippen molar-refractivity contribution in [3.63, 3.8) is 0 Å². The van der Waals surface area contributed by atoms with Gasteiger partial charge in [-0.3, -0.25) is 9.59 Å². The highest BCUT2D eigenvalue weighted by molar-refractivity contribution is 5.96. The topological polar surface area (TPSA) is 75.6 Å². The fourth-order valence-corrected chi connectivity index (χ4v) is 3.51. The number of carboxylic acids is 1. The molecule has 5 nitrogen and oxygen atoms in total. The first-order valence-corrected chi connectivity index (χ1v) is 7.32. The van der Waals surface area contributed by atoms with Crippen LogP contribution in [0.4, 0.5) is 18.9 Å². The number of ether oxygens (including phenoxy) is 1. The van der Waals surface area contributed by atoms with E-state index in [0.717, 1.165) is 12.1 Å². The van der Waals surface area contributed by atoms with Crippen molar-refractivity contribution in [2.75, 3.05) is 5.32 Å². The molecular formula is C16H14F3NO4. The summed E-state index contributed by atoms with van der Waals surface area (Å²) in [5.74, 6) is -3.89. The minimum absolute atomic E-state index is 0.123. The van der Waals surface area contributed by atoms with Gasteiger partial charge in [-0.1, -0.05) is 18.2 Å². The Morgan fingerprint density at radius 1 is 1.17 bits per heavy atom. The van der Waals surface area contributed by atoms with Crippen LogP contribution in [0, 0.1) is 23.7 Å². The summed E-state index contributed by atoms with van der Waals surface area (Å²) in [6.45, 7) is 0. The Morgan fingerprint density at radius 2 is 1.83 bits per heavy atom. The number of rotatable bonds is 4. The maximum atomic E-state index is 12.4. The van der Waals surface area contributed by atoms with E-state index in [2.05, 4.69) is 10.1 Å². The Morgan fingerprint density at radius 3 is 2.46 bits per heavy atom. The molecule has 128 valence electrons. The lowest BCUT2D eigenvalue weighted by molar-refractivity contribution is -0.274. The van der Waals surface area contributed by atoms with Gasteiger partial charge in [-0.2, -0.15) is 0 Å². The fourth-order valence-electron chi connectivity index (χ4n) is 3.51. The molecule has 2 N–H and O–H groups in total. The number of carbonyl (C=O) groups excluding carboxylic acids is 1. The van der Waals surface area contributed by atoms with Gasteiger partial charge in [0.2, 0.25) is 5.91 Å². The average Bonchev–Trinajstić information content (AvgIpc) is 3.06. The molecule has 24 heavy (non-hydrogen) atoms. The summed E-state index contributed by atoms with van der Waals surface area (Å²) in [5, 5.41) is 11.8. The van der Waals surface area contributed by atoms with E-state index in [0.29, 0.717) is 6.42 Å². The molecule has 0 heterocycles.